The van der Waals surface area contributed by atoms with Crippen LogP contribution < -0.4 is 9.80 Å². The van der Waals surface area contributed by atoms with Crippen LogP contribution in [0, 0.1) is 5.82 Å². The Morgan fingerprint density at radius 2 is 1.45 bits per heavy atom. The Labute approximate surface area is 174 Å². The average Bonchev–Trinajstić information content (AvgIpc) is 3.19. The van der Waals surface area contributed by atoms with E-state index in [0.717, 1.165) is 6.07 Å². The number of aromatic carboxylic acids is 1. The van der Waals surface area contributed by atoms with Crippen molar-refractivity contribution in [1.82, 2.24) is 15.0 Å². The molecular formula is C20H17F4N5O2. The zero-order chi connectivity index (χ0) is 22.2. The smallest absolute Gasteiger partial charge is 0.418 e. The molecule has 2 aromatic carbocycles. The molecule has 3 aromatic rings. The summed E-state index contributed by atoms with van der Waals surface area (Å²) < 4.78 is 54.1. The highest BCUT2D eigenvalue weighted by Crippen LogP contribution is 2.34. The zero-order valence-corrected chi connectivity index (χ0v) is 16.1. The first-order valence-electron chi connectivity index (χ1n) is 9.37. The van der Waals surface area contributed by atoms with Crippen LogP contribution in [0.3, 0.4) is 0 Å². The van der Waals surface area contributed by atoms with Crippen LogP contribution in [0.4, 0.5) is 29.1 Å². The third kappa shape index (κ3) is 4.03. The van der Waals surface area contributed by atoms with Gasteiger partial charge in [0.05, 0.1) is 16.9 Å². The molecule has 1 N–H and O–H groups in total. The number of nitrogens with zero attached hydrogens (tertiary/aromatic N) is 5. The van der Waals surface area contributed by atoms with E-state index in [9.17, 15) is 27.5 Å². The van der Waals surface area contributed by atoms with Crippen LogP contribution in [-0.2, 0) is 6.18 Å². The summed E-state index contributed by atoms with van der Waals surface area (Å²) in [5.41, 5.74) is -1.36. The monoisotopic (exact) mass is 435 g/mol. The van der Waals surface area contributed by atoms with Crippen molar-refractivity contribution in [3.05, 3.63) is 65.6 Å². The minimum absolute atomic E-state index is 0.0299. The van der Waals surface area contributed by atoms with E-state index in [4.69, 9.17) is 0 Å². The number of benzene rings is 2. The van der Waals surface area contributed by atoms with Crippen molar-refractivity contribution in [1.29, 1.82) is 0 Å². The first-order chi connectivity index (χ1) is 14.8. The summed E-state index contributed by atoms with van der Waals surface area (Å²) in [6.07, 6.45) is -4.65. The topological polar surface area (TPSA) is 74.5 Å². The molecule has 11 heteroatoms. The molecule has 7 nitrogen and oxygen atoms in total. The minimum atomic E-state index is -4.65. The van der Waals surface area contributed by atoms with Crippen molar-refractivity contribution in [2.45, 2.75) is 6.18 Å². The lowest BCUT2D eigenvalue weighted by Gasteiger charge is -2.36. The average molecular weight is 435 g/mol. The molecule has 0 spiro atoms. The lowest BCUT2D eigenvalue weighted by Crippen LogP contribution is -2.47. The summed E-state index contributed by atoms with van der Waals surface area (Å²) in [6, 6.07) is 11.0. The highest BCUT2D eigenvalue weighted by molar-refractivity contribution is 5.91. The van der Waals surface area contributed by atoms with E-state index in [2.05, 4.69) is 10.2 Å². The van der Waals surface area contributed by atoms with Gasteiger partial charge < -0.3 is 14.9 Å². The van der Waals surface area contributed by atoms with Gasteiger partial charge in [-0.05, 0) is 24.3 Å². The predicted octanol–water partition coefficient (Wildman–Crippen LogP) is 3.45. The standard InChI is InChI=1S/C20H17F4N5O2/c21-14-6-2-4-8-16(14)27-9-11-28(12-10-27)18-17(19(30)31)25-29(26-18)15-7-3-1-5-13(15)20(22,23)24/h1-8H,9-12H2,(H,30,31). The Bertz CT molecular complexity index is 1110. The molecule has 1 aliphatic rings. The number of hydrogen-bond donors (Lipinski definition) is 1. The fraction of sp³-hybridized carbons (Fsp3) is 0.250. The van der Waals surface area contributed by atoms with Crippen molar-refractivity contribution < 1.29 is 27.5 Å². The normalized spacial score (nSPS) is 14.7. The summed E-state index contributed by atoms with van der Waals surface area (Å²) in [7, 11) is 0. The molecule has 0 aliphatic carbocycles. The molecule has 0 amide bonds. The molecule has 31 heavy (non-hydrogen) atoms. The number of carbonyl (C=O) groups is 1. The molecule has 162 valence electrons. The van der Waals surface area contributed by atoms with Crippen LogP contribution >= 0.6 is 0 Å². The molecule has 1 aromatic heterocycles. The summed E-state index contributed by atoms with van der Waals surface area (Å²) in [5.74, 6) is -1.79. The van der Waals surface area contributed by atoms with Crippen molar-refractivity contribution in [3.8, 4) is 5.69 Å². The van der Waals surface area contributed by atoms with Crippen molar-refractivity contribution >= 4 is 17.5 Å². The fourth-order valence-corrected chi connectivity index (χ4v) is 3.51. The number of hydrogen-bond acceptors (Lipinski definition) is 5. The van der Waals surface area contributed by atoms with Gasteiger partial charge in [-0.15, -0.1) is 15.0 Å². The van der Waals surface area contributed by atoms with Crippen LogP contribution in [0.15, 0.2) is 48.5 Å². The quantitative estimate of drug-likeness (QED) is 0.633. The number of para-hydroxylation sites is 2. The maximum absolute atomic E-state index is 14.0. The molecule has 0 saturated carbocycles. The number of alkyl halides is 3. The SMILES string of the molecule is O=C(O)c1nn(-c2ccccc2C(F)(F)F)nc1N1CCN(c2ccccc2F)CC1. The van der Waals surface area contributed by atoms with E-state index < -0.39 is 23.4 Å². The number of aromatic nitrogens is 3. The van der Waals surface area contributed by atoms with Gasteiger partial charge in [-0.25, -0.2) is 9.18 Å². The Morgan fingerprint density at radius 3 is 2.06 bits per heavy atom. The third-order valence-corrected chi connectivity index (χ3v) is 5.00. The first kappa shape index (κ1) is 20.6. The lowest BCUT2D eigenvalue weighted by atomic mass is 10.2. The molecule has 4 rings (SSSR count). The summed E-state index contributed by atoms with van der Waals surface area (Å²) in [4.78, 5) is 15.8. The second kappa shape index (κ2) is 7.89. The number of rotatable bonds is 4. The molecule has 0 bridgehead atoms. The molecule has 1 saturated heterocycles. The number of carboxylic acids is 1. The van der Waals surface area contributed by atoms with Gasteiger partial charge in [0.2, 0.25) is 5.69 Å². The minimum Gasteiger partial charge on any atom is -0.476 e. The van der Waals surface area contributed by atoms with E-state index in [0.29, 0.717) is 36.7 Å². The molecule has 0 atom stereocenters. The highest BCUT2D eigenvalue weighted by Gasteiger charge is 2.35. The summed E-state index contributed by atoms with van der Waals surface area (Å²) >= 11 is 0. The van der Waals surface area contributed by atoms with Gasteiger partial charge in [0.15, 0.2) is 5.82 Å². The van der Waals surface area contributed by atoms with Crippen LogP contribution in [0.2, 0.25) is 0 Å². The summed E-state index contributed by atoms with van der Waals surface area (Å²) in [5, 5.41) is 17.4. The van der Waals surface area contributed by atoms with Gasteiger partial charge in [-0.1, -0.05) is 24.3 Å². The van der Waals surface area contributed by atoms with E-state index in [1.165, 1.54) is 24.3 Å². The highest BCUT2D eigenvalue weighted by atomic mass is 19.4. The zero-order valence-electron chi connectivity index (χ0n) is 16.1. The molecule has 0 unspecified atom stereocenters. The molecule has 1 fully saturated rings. The Hall–Kier alpha value is -3.63. The fourth-order valence-electron chi connectivity index (χ4n) is 3.51. The van der Waals surface area contributed by atoms with Crippen molar-refractivity contribution in [2.75, 3.05) is 36.0 Å². The number of carboxylic acid groups (broad SMARTS) is 1. The van der Waals surface area contributed by atoms with Crippen LogP contribution in [-0.4, -0.2) is 52.2 Å². The predicted molar refractivity (Wildman–Crippen MR) is 104 cm³/mol. The molecule has 1 aliphatic heterocycles. The van der Waals surface area contributed by atoms with Gasteiger partial charge >= 0.3 is 12.1 Å². The van der Waals surface area contributed by atoms with E-state index in [1.54, 1.807) is 23.1 Å². The Kier molecular flexibility index (Phi) is 5.25. The van der Waals surface area contributed by atoms with Gasteiger partial charge in [0.1, 0.15) is 5.82 Å². The van der Waals surface area contributed by atoms with Crippen molar-refractivity contribution in [2.24, 2.45) is 0 Å². The van der Waals surface area contributed by atoms with Gasteiger partial charge in [-0.2, -0.15) is 13.2 Å². The maximum Gasteiger partial charge on any atom is 0.418 e. The molecular weight excluding hydrogens is 418 g/mol. The second-order valence-electron chi connectivity index (χ2n) is 6.91. The Morgan fingerprint density at radius 1 is 0.871 bits per heavy atom. The van der Waals surface area contributed by atoms with Gasteiger partial charge in [0, 0.05) is 26.2 Å². The van der Waals surface area contributed by atoms with Gasteiger partial charge in [-0.3, -0.25) is 0 Å². The maximum atomic E-state index is 14.0. The third-order valence-electron chi connectivity index (χ3n) is 5.00. The van der Waals surface area contributed by atoms with Crippen LogP contribution in [0.25, 0.3) is 5.69 Å². The number of halogens is 4. The summed E-state index contributed by atoms with van der Waals surface area (Å²) in [6.45, 7) is 1.36. The van der Waals surface area contributed by atoms with Crippen molar-refractivity contribution in [3.63, 3.8) is 0 Å². The second-order valence-corrected chi connectivity index (χ2v) is 6.91. The molecule has 2 heterocycles. The van der Waals surface area contributed by atoms with Gasteiger partial charge in [0.25, 0.3) is 0 Å². The largest absolute Gasteiger partial charge is 0.476 e. The van der Waals surface area contributed by atoms with E-state index in [-0.39, 0.29) is 17.3 Å². The van der Waals surface area contributed by atoms with Crippen LogP contribution in [0.5, 0.6) is 0 Å². The Balaban J connectivity index is 1.63. The first-order valence-corrected chi connectivity index (χ1v) is 9.37. The lowest BCUT2D eigenvalue weighted by molar-refractivity contribution is -0.137. The van der Waals surface area contributed by atoms with E-state index in [1.807, 2.05) is 4.90 Å². The number of anilines is 2. The van der Waals surface area contributed by atoms with E-state index >= 15 is 0 Å². The van der Waals surface area contributed by atoms with Crippen LogP contribution in [0.1, 0.15) is 16.1 Å². The molecule has 0 radical (unpaired) electrons. The number of piperazine rings is 1.